The molecule has 0 aliphatic carbocycles. The van der Waals surface area contributed by atoms with Crippen molar-refractivity contribution in [2.24, 2.45) is 0 Å². The third-order valence-corrected chi connectivity index (χ3v) is 5.43. The fourth-order valence-corrected chi connectivity index (χ4v) is 3.67. The predicted octanol–water partition coefficient (Wildman–Crippen LogP) is 0.640. The van der Waals surface area contributed by atoms with Gasteiger partial charge in [-0.1, -0.05) is 18.2 Å². The molecule has 8 heteroatoms. The molecule has 2 aliphatic heterocycles. The first-order valence-corrected chi connectivity index (χ1v) is 10.1. The molecule has 30 heavy (non-hydrogen) atoms. The maximum absolute atomic E-state index is 13.6. The Morgan fingerprint density at radius 1 is 1.17 bits per heavy atom. The molecule has 0 radical (unpaired) electrons. The Balaban J connectivity index is 1.25. The summed E-state index contributed by atoms with van der Waals surface area (Å²) in [5.74, 6) is 0.617. The van der Waals surface area contributed by atoms with Crippen LogP contribution in [0.1, 0.15) is 5.56 Å². The molecule has 0 spiro atoms. The molecule has 0 saturated carbocycles. The third kappa shape index (κ3) is 4.54. The smallest absolute Gasteiger partial charge is 0.279 e. The van der Waals surface area contributed by atoms with Crippen molar-refractivity contribution in [3.05, 3.63) is 53.8 Å². The number of quaternary nitrogens is 1. The number of nitrogens with one attached hydrogen (secondary N) is 2. The van der Waals surface area contributed by atoms with E-state index in [9.17, 15) is 14.0 Å². The number of ether oxygens (including phenoxy) is 2. The van der Waals surface area contributed by atoms with E-state index in [0.717, 1.165) is 4.90 Å². The van der Waals surface area contributed by atoms with E-state index in [2.05, 4.69) is 5.32 Å². The van der Waals surface area contributed by atoms with Crippen LogP contribution in [0.4, 0.5) is 10.1 Å². The molecular weight excluding hydrogens is 389 g/mol. The topological polar surface area (TPSA) is 72.3 Å². The Labute approximate surface area is 174 Å². The molecule has 2 amide bonds. The van der Waals surface area contributed by atoms with Gasteiger partial charge in [0.15, 0.2) is 18.0 Å². The predicted molar refractivity (Wildman–Crippen MR) is 108 cm³/mol. The molecule has 2 aromatic rings. The van der Waals surface area contributed by atoms with Crippen molar-refractivity contribution in [3.63, 3.8) is 0 Å². The average molecular weight is 414 g/mol. The summed E-state index contributed by atoms with van der Waals surface area (Å²) in [6.07, 6.45) is -0.652. The summed E-state index contributed by atoms with van der Waals surface area (Å²) in [4.78, 5) is 27.9. The van der Waals surface area contributed by atoms with Crippen LogP contribution in [0.2, 0.25) is 0 Å². The molecular formula is C22H25FN3O4+. The highest BCUT2D eigenvalue weighted by molar-refractivity contribution is 5.91. The Kier molecular flexibility index (Phi) is 5.85. The zero-order chi connectivity index (χ0) is 21.1. The number of halogens is 1. The fourth-order valence-electron chi connectivity index (χ4n) is 3.67. The van der Waals surface area contributed by atoms with Crippen LogP contribution in [0.3, 0.4) is 0 Å². The van der Waals surface area contributed by atoms with Crippen LogP contribution in [-0.4, -0.2) is 62.1 Å². The Hall–Kier alpha value is -3.13. The van der Waals surface area contributed by atoms with E-state index in [1.54, 1.807) is 30.0 Å². The highest BCUT2D eigenvalue weighted by Crippen LogP contribution is 2.31. The van der Waals surface area contributed by atoms with Crippen LogP contribution in [0.5, 0.6) is 11.5 Å². The number of amides is 2. The number of aryl methyl sites for hydroxylation is 1. The molecule has 2 aromatic carbocycles. The van der Waals surface area contributed by atoms with Gasteiger partial charge in [-0.15, -0.1) is 0 Å². The quantitative estimate of drug-likeness (QED) is 0.770. The van der Waals surface area contributed by atoms with Crippen LogP contribution in [0.15, 0.2) is 42.5 Å². The van der Waals surface area contributed by atoms with Crippen molar-refractivity contribution in [2.45, 2.75) is 13.0 Å². The number of anilines is 1. The maximum atomic E-state index is 13.6. The lowest BCUT2D eigenvalue weighted by molar-refractivity contribution is -0.895. The molecule has 2 N–H and O–H groups in total. The Bertz CT molecular complexity index is 944. The van der Waals surface area contributed by atoms with Crippen molar-refractivity contribution in [1.82, 2.24) is 4.90 Å². The van der Waals surface area contributed by atoms with Gasteiger partial charge in [0, 0.05) is 5.69 Å². The standard InChI is InChI=1S/C22H24FN3O4/c1-15-6-7-16(12-17(15)23)24-21(27)13-25-8-10-26(11-9-25)22(28)20-14-29-18-4-2-3-5-19(18)30-20/h2-7,12,20H,8-11,13-14H2,1H3,(H,24,27)/p+1/t20-/m1/s1. The molecule has 0 bridgehead atoms. The van der Waals surface area contributed by atoms with E-state index in [-0.39, 0.29) is 30.8 Å². The Morgan fingerprint density at radius 3 is 2.63 bits per heavy atom. The van der Waals surface area contributed by atoms with E-state index in [4.69, 9.17) is 9.47 Å². The van der Waals surface area contributed by atoms with Gasteiger partial charge in [-0.25, -0.2) is 4.39 Å². The van der Waals surface area contributed by atoms with Gasteiger partial charge in [0.2, 0.25) is 6.10 Å². The summed E-state index contributed by atoms with van der Waals surface area (Å²) in [6.45, 7) is 4.54. The van der Waals surface area contributed by atoms with Crippen LogP contribution in [-0.2, 0) is 9.59 Å². The number of carbonyl (C=O) groups is 2. The van der Waals surface area contributed by atoms with Crippen molar-refractivity contribution in [3.8, 4) is 11.5 Å². The SMILES string of the molecule is Cc1ccc(NC(=O)C[NH+]2CCN(C(=O)[C@H]3COc4ccccc4O3)CC2)cc1F. The summed E-state index contributed by atoms with van der Waals surface area (Å²) in [6, 6.07) is 11.9. The molecule has 158 valence electrons. The fraction of sp³-hybridized carbons (Fsp3) is 0.364. The summed E-state index contributed by atoms with van der Waals surface area (Å²) >= 11 is 0. The van der Waals surface area contributed by atoms with Crippen molar-refractivity contribution in [1.29, 1.82) is 0 Å². The van der Waals surface area contributed by atoms with Gasteiger partial charge in [0.1, 0.15) is 12.4 Å². The molecule has 7 nitrogen and oxygen atoms in total. The van der Waals surface area contributed by atoms with Gasteiger partial charge in [0.05, 0.1) is 26.2 Å². The second kappa shape index (κ2) is 8.71. The molecule has 1 atom stereocenters. The van der Waals surface area contributed by atoms with Crippen LogP contribution in [0.25, 0.3) is 0 Å². The lowest BCUT2D eigenvalue weighted by atomic mass is 10.2. The molecule has 2 aliphatic rings. The first kappa shape index (κ1) is 20.2. The highest BCUT2D eigenvalue weighted by atomic mass is 19.1. The van der Waals surface area contributed by atoms with Gasteiger partial charge in [-0.3, -0.25) is 9.59 Å². The number of nitrogens with zero attached hydrogens (tertiary/aromatic N) is 1. The van der Waals surface area contributed by atoms with Gasteiger partial charge >= 0.3 is 0 Å². The number of benzene rings is 2. The van der Waals surface area contributed by atoms with Crippen molar-refractivity contribution < 1.29 is 28.4 Å². The van der Waals surface area contributed by atoms with Gasteiger partial charge in [0.25, 0.3) is 11.8 Å². The van der Waals surface area contributed by atoms with Gasteiger partial charge in [-0.2, -0.15) is 0 Å². The van der Waals surface area contributed by atoms with E-state index in [1.807, 2.05) is 18.2 Å². The van der Waals surface area contributed by atoms with Gasteiger partial charge < -0.3 is 24.6 Å². The molecule has 0 aromatic heterocycles. The highest BCUT2D eigenvalue weighted by Gasteiger charge is 2.34. The zero-order valence-electron chi connectivity index (χ0n) is 16.8. The number of fused-ring (bicyclic) bond motifs is 1. The van der Waals surface area contributed by atoms with Gasteiger partial charge in [-0.05, 0) is 36.8 Å². The van der Waals surface area contributed by atoms with Crippen molar-refractivity contribution in [2.75, 3.05) is 44.6 Å². The number of hydrogen-bond donors (Lipinski definition) is 2. The molecule has 0 unspecified atom stereocenters. The lowest BCUT2D eigenvalue weighted by Gasteiger charge is -2.35. The maximum Gasteiger partial charge on any atom is 0.279 e. The second-order valence-corrected chi connectivity index (χ2v) is 7.63. The van der Waals surface area contributed by atoms with Crippen LogP contribution < -0.4 is 19.7 Å². The normalized spacial score (nSPS) is 18.7. The number of hydrogen-bond acceptors (Lipinski definition) is 4. The summed E-state index contributed by atoms with van der Waals surface area (Å²) in [7, 11) is 0. The van der Waals surface area contributed by atoms with Crippen LogP contribution in [0, 0.1) is 12.7 Å². The molecule has 4 rings (SSSR count). The minimum atomic E-state index is -0.652. The average Bonchev–Trinajstić information content (AvgIpc) is 2.76. The zero-order valence-corrected chi connectivity index (χ0v) is 16.8. The molecule has 1 saturated heterocycles. The van der Waals surface area contributed by atoms with Crippen molar-refractivity contribution >= 4 is 17.5 Å². The third-order valence-electron chi connectivity index (χ3n) is 5.43. The van der Waals surface area contributed by atoms with E-state index in [1.165, 1.54) is 6.07 Å². The summed E-state index contributed by atoms with van der Waals surface area (Å²) in [5.41, 5.74) is 0.987. The summed E-state index contributed by atoms with van der Waals surface area (Å²) < 4.78 is 25.1. The monoisotopic (exact) mass is 414 g/mol. The largest absolute Gasteiger partial charge is 0.485 e. The van der Waals surface area contributed by atoms with E-state index < -0.39 is 6.10 Å². The second-order valence-electron chi connectivity index (χ2n) is 7.63. The van der Waals surface area contributed by atoms with E-state index in [0.29, 0.717) is 48.9 Å². The minimum absolute atomic E-state index is 0.0943. The number of para-hydroxylation sites is 2. The minimum Gasteiger partial charge on any atom is -0.485 e. The number of rotatable bonds is 4. The number of carbonyl (C=O) groups excluding carboxylic acids is 2. The van der Waals surface area contributed by atoms with E-state index >= 15 is 0 Å². The summed E-state index contributed by atoms with van der Waals surface area (Å²) in [5, 5.41) is 2.74. The number of piperazine rings is 1. The first-order valence-electron chi connectivity index (χ1n) is 10.1. The Morgan fingerprint density at radius 2 is 1.90 bits per heavy atom. The molecule has 1 fully saturated rings. The van der Waals surface area contributed by atoms with Crippen LogP contribution >= 0.6 is 0 Å². The first-order chi connectivity index (χ1) is 14.5. The lowest BCUT2D eigenvalue weighted by Crippen LogP contribution is -3.15. The molecule has 2 heterocycles.